The number of hydrogen-bond donors (Lipinski definition) is 2. The van der Waals surface area contributed by atoms with Gasteiger partial charge in [0.15, 0.2) is 0 Å². The molecule has 0 heterocycles. The SMILES string of the molecule is CCCc1ccc(NCO)cc1. The van der Waals surface area contributed by atoms with Crippen molar-refractivity contribution < 1.29 is 5.11 Å². The maximum atomic E-state index is 8.58. The number of hydrogen-bond acceptors (Lipinski definition) is 2. The molecule has 1 rings (SSSR count). The standard InChI is InChI=1S/C10H15NO/c1-2-3-9-4-6-10(7-5-9)11-8-12/h4-7,11-12H,2-3,8H2,1H3. The maximum absolute atomic E-state index is 8.58. The molecule has 0 saturated heterocycles. The summed E-state index contributed by atoms with van der Waals surface area (Å²) in [6.07, 6.45) is 2.30. The zero-order chi connectivity index (χ0) is 8.81. The highest BCUT2D eigenvalue weighted by Gasteiger charge is 1.91. The Morgan fingerprint density at radius 2 is 1.92 bits per heavy atom. The fraction of sp³-hybridized carbons (Fsp3) is 0.400. The molecule has 66 valence electrons. The number of aryl methyl sites for hydroxylation is 1. The van der Waals surface area contributed by atoms with Crippen molar-refractivity contribution in [3.63, 3.8) is 0 Å². The Morgan fingerprint density at radius 3 is 2.42 bits per heavy atom. The Kier molecular flexibility index (Phi) is 3.61. The van der Waals surface area contributed by atoms with Crippen molar-refractivity contribution in [3.8, 4) is 0 Å². The second-order valence-corrected chi connectivity index (χ2v) is 2.78. The van der Waals surface area contributed by atoms with Crippen LogP contribution in [0.4, 0.5) is 5.69 Å². The Morgan fingerprint density at radius 1 is 1.25 bits per heavy atom. The van der Waals surface area contributed by atoms with Crippen LogP contribution in [0.3, 0.4) is 0 Å². The molecule has 1 aromatic rings. The molecule has 2 nitrogen and oxygen atoms in total. The van der Waals surface area contributed by atoms with Crippen LogP contribution in [0, 0.1) is 0 Å². The highest BCUT2D eigenvalue weighted by atomic mass is 16.3. The molecule has 0 aliphatic carbocycles. The van der Waals surface area contributed by atoms with E-state index in [2.05, 4.69) is 24.4 Å². The number of anilines is 1. The van der Waals surface area contributed by atoms with E-state index in [4.69, 9.17) is 5.11 Å². The monoisotopic (exact) mass is 165 g/mol. The van der Waals surface area contributed by atoms with E-state index in [-0.39, 0.29) is 6.73 Å². The van der Waals surface area contributed by atoms with Crippen molar-refractivity contribution in [1.29, 1.82) is 0 Å². The predicted molar refractivity (Wildman–Crippen MR) is 51.1 cm³/mol. The average Bonchev–Trinajstić information content (AvgIpc) is 2.09. The van der Waals surface area contributed by atoms with Gasteiger partial charge in [-0.2, -0.15) is 0 Å². The molecular formula is C10H15NO. The predicted octanol–water partition coefficient (Wildman–Crippen LogP) is 2.00. The summed E-state index contributed by atoms with van der Waals surface area (Å²) in [4.78, 5) is 0. The van der Waals surface area contributed by atoms with Crippen LogP contribution in [-0.4, -0.2) is 11.8 Å². The molecule has 2 heteroatoms. The minimum Gasteiger partial charge on any atom is -0.377 e. The molecule has 0 atom stereocenters. The topological polar surface area (TPSA) is 32.3 Å². The zero-order valence-electron chi connectivity index (χ0n) is 7.38. The minimum absolute atomic E-state index is 0.00682. The summed E-state index contributed by atoms with van der Waals surface area (Å²) in [6, 6.07) is 8.14. The van der Waals surface area contributed by atoms with Crippen LogP contribution in [0.2, 0.25) is 0 Å². The first-order valence-electron chi connectivity index (χ1n) is 4.30. The third-order valence-corrected chi connectivity index (χ3v) is 1.78. The Balaban J connectivity index is 2.58. The molecule has 1 aromatic carbocycles. The number of aliphatic hydroxyl groups is 1. The third kappa shape index (κ3) is 2.55. The summed E-state index contributed by atoms with van der Waals surface area (Å²) in [5.74, 6) is 0. The summed E-state index contributed by atoms with van der Waals surface area (Å²) < 4.78 is 0. The van der Waals surface area contributed by atoms with Crippen molar-refractivity contribution in [1.82, 2.24) is 0 Å². The summed E-state index contributed by atoms with van der Waals surface area (Å²) in [7, 11) is 0. The lowest BCUT2D eigenvalue weighted by molar-refractivity contribution is 0.325. The molecule has 0 aliphatic heterocycles. The van der Waals surface area contributed by atoms with Crippen molar-refractivity contribution in [2.75, 3.05) is 12.0 Å². The lowest BCUT2D eigenvalue weighted by Crippen LogP contribution is -1.98. The van der Waals surface area contributed by atoms with Gasteiger partial charge in [0.1, 0.15) is 6.73 Å². The molecule has 0 bridgehead atoms. The van der Waals surface area contributed by atoms with Gasteiger partial charge in [-0.3, -0.25) is 0 Å². The zero-order valence-corrected chi connectivity index (χ0v) is 7.38. The van der Waals surface area contributed by atoms with Gasteiger partial charge in [0.2, 0.25) is 0 Å². The van der Waals surface area contributed by atoms with Crippen molar-refractivity contribution in [2.45, 2.75) is 19.8 Å². The van der Waals surface area contributed by atoms with E-state index in [9.17, 15) is 0 Å². The Hall–Kier alpha value is -1.02. The molecule has 0 unspecified atom stereocenters. The molecule has 0 spiro atoms. The summed E-state index contributed by atoms with van der Waals surface area (Å²) in [5.41, 5.74) is 2.32. The van der Waals surface area contributed by atoms with Gasteiger partial charge in [-0.1, -0.05) is 25.5 Å². The van der Waals surface area contributed by atoms with E-state index in [1.165, 1.54) is 12.0 Å². The van der Waals surface area contributed by atoms with Gasteiger partial charge in [0.25, 0.3) is 0 Å². The summed E-state index contributed by atoms with van der Waals surface area (Å²) >= 11 is 0. The van der Waals surface area contributed by atoms with Gasteiger partial charge in [-0.05, 0) is 24.1 Å². The second kappa shape index (κ2) is 4.78. The van der Waals surface area contributed by atoms with Crippen LogP contribution in [-0.2, 0) is 6.42 Å². The summed E-state index contributed by atoms with van der Waals surface area (Å²) in [5, 5.41) is 11.4. The first kappa shape index (κ1) is 9.07. The molecule has 0 saturated carbocycles. The van der Waals surface area contributed by atoms with E-state index in [1.54, 1.807) is 0 Å². The van der Waals surface area contributed by atoms with Crippen LogP contribution in [0.5, 0.6) is 0 Å². The highest BCUT2D eigenvalue weighted by molar-refractivity contribution is 5.44. The lowest BCUT2D eigenvalue weighted by atomic mass is 10.1. The van der Waals surface area contributed by atoms with E-state index in [0.29, 0.717) is 0 Å². The van der Waals surface area contributed by atoms with E-state index >= 15 is 0 Å². The smallest absolute Gasteiger partial charge is 0.113 e. The molecule has 2 N–H and O–H groups in total. The van der Waals surface area contributed by atoms with Crippen LogP contribution in [0.15, 0.2) is 24.3 Å². The van der Waals surface area contributed by atoms with Gasteiger partial charge >= 0.3 is 0 Å². The molecule has 12 heavy (non-hydrogen) atoms. The minimum atomic E-state index is -0.00682. The first-order chi connectivity index (χ1) is 5.86. The second-order valence-electron chi connectivity index (χ2n) is 2.78. The van der Waals surface area contributed by atoms with Crippen LogP contribution in [0.25, 0.3) is 0 Å². The Labute approximate surface area is 73.2 Å². The number of aliphatic hydroxyl groups excluding tert-OH is 1. The van der Waals surface area contributed by atoms with Gasteiger partial charge in [-0.15, -0.1) is 0 Å². The average molecular weight is 165 g/mol. The van der Waals surface area contributed by atoms with Crippen LogP contribution in [0.1, 0.15) is 18.9 Å². The quantitative estimate of drug-likeness (QED) is 0.669. The molecule has 0 amide bonds. The van der Waals surface area contributed by atoms with Crippen LogP contribution >= 0.6 is 0 Å². The molecule has 0 aromatic heterocycles. The maximum Gasteiger partial charge on any atom is 0.113 e. The number of benzene rings is 1. The number of rotatable bonds is 4. The van der Waals surface area contributed by atoms with Gasteiger partial charge in [0, 0.05) is 5.69 Å². The van der Waals surface area contributed by atoms with Gasteiger partial charge in [-0.25, -0.2) is 0 Å². The van der Waals surface area contributed by atoms with E-state index in [1.807, 2.05) is 12.1 Å². The molecule has 0 aliphatic rings. The fourth-order valence-corrected chi connectivity index (χ4v) is 1.17. The molecular weight excluding hydrogens is 150 g/mol. The molecule has 0 fully saturated rings. The van der Waals surface area contributed by atoms with Crippen LogP contribution < -0.4 is 5.32 Å². The lowest BCUT2D eigenvalue weighted by Gasteiger charge is -2.03. The van der Waals surface area contributed by atoms with Gasteiger partial charge in [0.05, 0.1) is 0 Å². The van der Waals surface area contributed by atoms with Gasteiger partial charge < -0.3 is 10.4 Å². The largest absolute Gasteiger partial charge is 0.377 e. The first-order valence-corrected chi connectivity index (χ1v) is 4.30. The van der Waals surface area contributed by atoms with Crippen molar-refractivity contribution >= 4 is 5.69 Å². The highest BCUT2D eigenvalue weighted by Crippen LogP contribution is 2.10. The Bertz CT molecular complexity index is 193. The normalized spacial score (nSPS) is 9.83. The van der Waals surface area contributed by atoms with Crippen molar-refractivity contribution in [2.24, 2.45) is 0 Å². The summed E-state index contributed by atoms with van der Waals surface area (Å²) in [6.45, 7) is 2.16. The van der Waals surface area contributed by atoms with E-state index in [0.717, 1.165) is 12.1 Å². The third-order valence-electron chi connectivity index (χ3n) is 1.78. The number of nitrogens with one attached hydrogen (secondary N) is 1. The molecule has 0 radical (unpaired) electrons. The van der Waals surface area contributed by atoms with Crippen molar-refractivity contribution in [3.05, 3.63) is 29.8 Å². The fourth-order valence-electron chi connectivity index (χ4n) is 1.17. The van der Waals surface area contributed by atoms with E-state index < -0.39 is 0 Å².